The van der Waals surface area contributed by atoms with Crippen LogP contribution in [-0.4, -0.2) is 51.9 Å². The average molecular weight is 556 g/mol. The SMILES string of the molecule is CNCC(CC1CCCCC1)NC(=O)c1cc(C2CC2)cc(C(OCCNC(=O)OC)c2cccc(Cl)c2)c1. The molecular formula is C31H42ClN3O4. The second-order valence-electron chi connectivity index (χ2n) is 10.9. The Kier molecular flexibility index (Phi) is 11.1. The Morgan fingerprint density at radius 3 is 2.51 bits per heavy atom. The Labute approximate surface area is 237 Å². The van der Waals surface area contributed by atoms with E-state index in [1.54, 1.807) is 0 Å². The van der Waals surface area contributed by atoms with E-state index in [0.717, 1.165) is 36.9 Å². The molecule has 2 aliphatic rings. The number of amides is 2. The molecule has 0 saturated heterocycles. The Morgan fingerprint density at radius 2 is 1.82 bits per heavy atom. The lowest BCUT2D eigenvalue weighted by atomic mass is 9.84. The Morgan fingerprint density at radius 1 is 1.03 bits per heavy atom. The summed E-state index contributed by atoms with van der Waals surface area (Å²) in [6, 6.07) is 13.8. The number of hydrogen-bond acceptors (Lipinski definition) is 5. The molecule has 2 unspecified atom stereocenters. The van der Waals surface area contributed by atoms with Gasteiger partial charge in [-0.2, -0.15) is 0 Å². The van der Waals surface area contributed by atoms with Crippen molar-refractivity contribution in [3.63, 3.8) is 0 Å². The smallest absolute Gasteiger partial charge is 0.406 e. The fourth-order valence-electron chi connectivity index (χ4n) is 5.60. The standard InChI is InChI=1S/C31H42ClN3O4/c1-33-20-28(15-21-7-4-3-5-8-21)35-30(36)26-17-24(22-11-12-22)16-25(18-26)29(23-9-6-10-27(32)19-23)39-14-13-34-31(37)38-2/h6,9-10,16-19,21-22,28-29,33H,3-5,7-8,11-15,20H2,1-2H3,(H,34,37)(H,35,36). The summed E-state index contributed by atoms with van der Waals surface area (Å²) in [6.45, 7) is 1.32. The van der Waals surface area contributed by atoms with Crippen molar-refractivity contribution in [2.45, 2.75) is 69.4 Å². The number of benzene rings is 2. The molecule has 2 aromatic rings. The number of methoxy groups -OCH3 is 1. The molecule has 7 nitrogen and oxygen atoms in total. The Hall–Kier alpha value is -2.61. The first-order chi connectivity index (χ1) is 19.0. The van der Waals surface area contributed by atoms with Gasteiger partial charge in [-0.25, -0.2) is 4.79 Å². The van der Waals surface area contributed by atoms with Crippen molar-refractivity contribution in [3.05, 3.63) is 69.7 Å². The van der Waals surface area contributed by atoms with Gasteiger partial charge in [0.25, 0.3) is 5.91 Å². The van der Waals surface area contributed by atoms with Crippen LogP contribution in [0.15, 0.2) is 42.5 Å². The number of alkyl carbamates (subject to hydrolysis) is 1. The van der Waals surface area contributed by atoms with Crippen molar-refractivity contribution >= 4 is 23.6 Å². The molecule has 4 rings (SSSR count). The molecule has 0 spiro atoms. The lowest BCUT2D eigenvalue weighted by Gasteiger charge is -2.27. The second-order valence-corrected chi connectivity index (χ2v) is 11.3. The summed E-state index contributed by atoms with van der Waals surface area (Å²) in [6.07, 6.45) is 8.71. The molecule has 0 aliphatic heterocycles. The predicted molar refractivity (Wildman–Crippen MR) is 154 cm³/mol. The highest BCUT2D eigenvalue weighted by Crippen LogP contribution is 2.42. The number of ether oxygens (including phenoxy) is 2. The zero-order chi connectivity index (χ0) is 27.6. The van der Waals surface area contributed by atoms with Gasteiger partial charge in [0.2, 0.25) is 0 Å². The van der Waals surface area contributed by atoms with Gasteiger partial charge in [-0.15, -0.1) is 0 Å². The van der Waals surface area contributed by atoms with Crippen LogP contribution in [0.25, 0.3) is 0 Å². The van der Waals surface area contributed by atoms with Crippen molar-refractivity contribution in [2.75, 3.05) is 33.9 Å². The van der Waals surface area contributed by atoms with Gasteiger partial charge in [-0.05, 0) is 79.1 Å². The fourth-order valence-corrected chi connectivity index (χ4v) is 5.80. The average Bonchev–Trinajstić information content (AvgIpc) is 3.79. The monoisotopic (exact) mass is 555 g/mol. The van der Waals surface area contributed by atoms with Gasteiger partial charge in [-0.3, -0.25) is 4.79 Å². The Balaban J connectivity index is 1.56. The number of rotatable bonds is 13. The molecule has 2 fully saturated rings. The van der Waals surface area contributed by atoms with E-state index in [1.165, 1.54) is 44.8 Å². The van der Waals surface area contributed by atoms with Gasteiger partial charge in [0.1, 0.15) is 6.10 Å². The summed E-state index contributed by atoms with van der Waals surface area (Å²) in [7, 11) is 3.27. The van der Waals surface area contributed by atoms with Crippen LogP contribution in [0.4, 0.5) is 4.79 Å². The first-order valence-corrected chi connectivity index (χ1v) is 14.6. The zero-order valence-electron chi connectivity index (χ0n) is 23.1. The zero-order valence-corrected chi connectivity index (χ0v) is 23.9. The van der Waals surface area contributed by atoms with Crippen LogP contribution in [0, 0.1) is 5.92 Å². The minimum absolute atomic E-state index is 0.0491. The highest BCUT2D eigenvalue weighted by Gasteiger charge is 2.28. The molecule has 0 heterocycles. The summed E-state index contributed by atoms with van der Waals surface area (Å²) >= 11 is 6.34. The van der Waals surface area contributed by atoms with Crippen molar-refractivity contribution in [3.8, 4) is 0 Å². The molecule has 2 aliphatic carbocycles. The van der Waals surface area contributed by atoms with E-state index in [4.69, 9.17) is 16.3 Å². The second kappa shape index (κ2) is 14.7. The maximum atomic E-state index is 13.6. The Bertz CT molecular complexity index is 1100. The minimum Gasteiger partial charge on any atom is -0.453 e. The minimum atomic E-state index is -0.503. The molecular weight excluding hydrogens is 514 g/mol. The molecule has 2 atom stereocenters. The topological polar surface area (TPSA) is 88.7 Å². The molecule has 0 aromatic heterocycles. The number of halogens is 1. The molecule has 2 aromatic carbocycles. The van der Waals surface area contributed by atoms with E-state index in [0.29, 0.717) is 29.0 Å². The third-order valence-corrected chi connectivity index (χ3v) is 7.95. The number of likely N-dealkylation sites (N-methyl/N-ethyl adjacent to an activating group) is 1. The highest BCUT2D eigenvalue weighted by molar-refractivity contribution is 6.30. The van der Waals surface area contributed by atoms with Crippen LogP contribution in [0.1, 0.15) is 90.4 Å². The predicted octanol–water partition coefficient (Wildman–Crippen LogP) is 5.97. The third-order valence-electron chi connectivity index (χ3n) is 7.71. The first-order valence-electron chi connectivity index (χ1n) is 14.3. The fraction of sp³-hybridized carbons (Fsp3) is 0.548. The maximum Gasteiger partial charge on any atom is 0.406 e. The summed E-state index contributed by atoms with van der Waals surface area (Å²) in [5, 5.41) is 9.86. The van der Waals surface area contributed by atoms with Gasteiger partial charge in [-0.1, -0.05) is 61.9 Å². The van der Waals surface area contributed by atoms with Gasteiger partial charge >= 0.3 is 6.09 Å². The summed E-state index contributed by atoms with van der Waals surface area (Å²) in [5.41, 5.74) is 3.62. The maximum absolute atomic E-state index is 13.6. The number of carbonyl (C=O) groups excluding carboxylic acids is 2. The van der Waals surface area contributed by atoms with Gasteiger partial charge < -0.3 is 25.4 Å². The molecule has 0 bridgehead atoms. The van der Waals surface area contributed by atoms with Crippen molar-refractivity contribution in [2.24, 2.45) is 5.92 Å². The van der Waals surface area contributed by atoms with Crippen LogP contribution in [-0.2, 0) is 9.47 Å². The van der Waals surface area contributed by atoms with Crippen LogP contribution in [0.3, 0.4) is 0 Å². The van der Waals surface area contributed by atoms with Crippen molar-refractivity contribution < 1.29 is 19.1 Å². The molecule has 3 N–H and O–H groups in total. The summed E-state index contributed by atoms with van der Waals surface area (Å²) in [5.74, 6) is 1.09. The van der Waals surface area contributed by atoms with Crippen LogP contribution in [0.5, 0.6) is 0 Å². The molecule has 0 radical (unpaired) electrons. The van der Waals surface area contributed by atoms with Crippen LogP contribution >= 0.6 is 11.6 Å². The van der Waals surface area contributed by atoms with E-state index in [-0.39, 0.29) is 18.6 Å². The van der Waals surface area contributed by atoms with E-state index >= 15 is 0 Å². The van der Waals surface area contributed by atoms with Gasteiger partial charge in [0.15, 0.2) is 0 Å². The molecule has 39 heavy (non-hydrogen) atoms. The van der Waals surface area contributed by atoms with E-state index < -0.39 is 12.2 Å². The normalized spacial score (nSPS) is 17.3. The number of nitrogens with one attached hydrogen (secondary N) is 3. The van der Waals surface area contributed by atoms with Gasteiger partial charge in [0, 0.05) is 29.7 Å². The largest absolute Gasteiger partial charge is 0.453 e. The van der Waals surface area contributed by atoms with E-state index in [9.17, 15) is 9.59 Å². The summed E-state index contributed by atoms with van der Waals surface area (Å²) in [4.78, 5) is 25.1. The van der Waals surface area contributed by atoms with E-state index in [2.05, 4.69) is 26.8 Å². The highest BCUT2D eigenvalue weighted by atomic mass is 35.5. The molecule has 212 valence electrons. The van der Waals surface area contributed by atoms with Gasteiger partial charge in [0.05, 0.1) is 13.7 Å². The van der Waals surface area contributed by atoms with Crippen LogP contribution in [0.2, 0.25) is 5.02 Å². The van der Waals surface area contributed by atoms with Crippen molar-refractivity contribution in [1.82, 2.24) is 16.0 Å². The molecule has 2 saturated carbocycles. The van der Waals surface area contributed by atoms with E-state index in [1.807, 2.05) is 43.4 Å². The lowest BCUT2D eigenvalue weighted by molar-refractivity contribution is 0.0803. The molecule has 2 amide bonds. The third kappa shape index (κ3) is 8.95. The van der Waals surface area contributed by atoms with Crippen LogP contribution < -0.4 is 16.0 Å². The first kappa shape index (κ1) is 29.4. The quantitative estimate of drug-likeness (QED) is 0.265. The summed E-state index contributed by atoms with van der Waals surface area (Å²) < 4.78 is 11.0. The van der Waals surface area contributed by atoms with Crippen molar-refractivity contribution in [1.29, 1.82) is 0 Å². The lowest BCUT2D eigenvalue weighted by Crippen LogP contribution is -2.42. The number of hydrogen-bond donors (Lipinski definition) is 3. The molecule has 8 heteroatoms. The number of carbonyl (C=O) groups is 2.